The Labute approximate surface area is 191 Å². The van der Waals surface area contributed by atoms with Crippen molar-refractivity contribution in [2.45, 2.75) is 0 Å². The number of benzene rings is 2. The molecule has 0 atom stereocenters. The maximum absolute atomic E-state index is 12.5. The molecule has 2 aromatic carbocycles. The zero-order valence-corrected chi connectivity index (χ0v) is 18.2. The van der Waals surface area contributed by atoms with E-state index in [0.29, 0.717) is 27.3 Å². The molecule has 7 heteroatoms. The first kappa shape index (κ1) is 19.8. The van der Waals surface area contributed by atoms with Crippen molar-refractivity contribution >= 4 is 56.6 Å². The van der Waals surface area contributed by atoms with Crippen molar-refractivity contribution in [1.29, 1.82) is 0 Å². The van der Waals surface area contributed by atoms with Gasteiger partial charge in [-0.3, -0.25) is 4.79 Å². The van der Waals surface area contributed by atoms with Crippen molar-refractivity contribution in [3.63, 3.8) is 0 Å². The van der Waals surface area contributed by atoms with Crippen LogP contribution in [-0.4, -0.2) is 10.8 Å². The van der Waals surface area contributed by atoms with Gasteiger partial charge in [-0.1, -0.05) is 35.3 Å². The van der Waals surface area contributed by atoms with Crippen molar-refractivity contribution in [2.75, 3.05) is 0 Å². The van der Waals surface area contributed by atoms with Gasteiger partial charge < -0.3 is 8.83 Å². The minimum absolute atomic E-state index is 0.218. The summed E-state index contributed by atoms with van der Waals surface area (Å²) >= 11 is 13.6. The molecule has 3 aromatic heterocycles. The second-order valence-corrected chi connectivity index (χ2v) is 8.52. The third kappa shape index (κ3) is 4.08. The lowest BCUT2D eigenvalue weighted by atomic mass is 10.2. The molecule has 0 spiro atoms. The van der Waals surface area contributed by atoms with Gasteiger partial charge in [0.1, 0.15) is 11.5 Å². The van der Waals surface area contributed by atoms with E-state index in [1.807, 2.05) is 30.3 Å². The molecule has 152 valence electrons. The Morgan fingerprint density at radius 3 is 2.58 bits per heavy atom. The normalized spacial score (nSPS) is 11.5. The van der Waals surface area contributed by atoms with E-state index in [1.54, 1.807) is 53.8 Å². The van der Waals surface area contributed by atoms with Crippen LogP contribution in [0, 0.1) is 0 Å². The molecule has 31 heavy (non-hydrogen) atoms. The first-order valence-electron chi connectivity index (χ1n) is 9.30. The van der Waals surface area contributed by atoms with Crippen molar-refractivity contribution in [3.05, 3.63) is 94.4 Å². The largest absolute Gasteiger partial charge is 0.454 e. The molecule has 0 aliphatic rings. The first-order valence-corrected chi connectivity index (χ1v) is 10.9. The number of thiazole rings is 1. The maximum Gasteiger partial charge on any atom is 0.221 e. The SMILES string of the molecule is O=C(C=Cc1ccc(-c2nc3ccccc3s2)o1)c1ccc(-c2ccc(Cl)c(Cl)c2)o1. The molecular formula is C24H13Cl2NO3S. The molecule has 0 saturated carbocycles. The van der Waals surface area contributed by atoms with Crippen molar-refractivity contribution in [1.82, 2.24) is 4.98 Å². The average Bonchev–Trinajstić information content (AvgIpc) is 3.52. The molecule has 0 N–H and O–H groups in total. The van der Waals surface area contributed by atoms with E-state index in [2.05, 4.69) is 4.98 Å². The van der Waals surface area contributed by atoms with Gasteiger partial charge in [0.15, 0.2) is 16.5 Å². The Morgan fingerprint density at radius 1 is 0.903 bits per heavy atom. The third-order valence-corrected chi connectivity index (χ3v) is 6.37. The standard InChI is InChI=1S/C24H13Cl2NO3S/c25-16-8-5-14(13-17(16)26)20-11-12-21(30-20)19(28)9-6-15-7-10-22(29-15)24-27-18-3-1-2-4-23(18)31-24/h1-13H. The number of rotatable bonds is 5. The smallest absolute Gasteiger partial charge is 0.221 e. The van der Waals surface area contributed by atoms with E-state index in [1.165, 1.54) is 6.08 Å². The lowest BCUT2D eigenvalue weighted by Gasteiger charge is -1.99. The Hall–Kier alpha value is -3.12. The van der Waals surface area contributed by atoms with Gasteiger partial charge >= 0.3 is 0 Å². The number of hydrogen-bond acceptors (Lipinski definition) is 5. The van der Waals surface area contributed by atoms with Crippen LogP contribution in [0.15, 0.2) is 81.6 Å². The highest BCUT2D eigenvalue weighted by atomic mass is 35.5. The summed E-state index contributed by atoms with van der Waals surface area (Å²) in [5.74, 6) is 1.69. The second kappa shape index (κ2) is 8.19. The van der Waals surface area contributed by atoms with Crippen LogP contribution in [0.4, 0.5) is 0 Å². The van der Waals surface area contributed by atoms with Crippen LogP contribution in [0.5, 0.6) is 0 Å². The number of fused-ring (bicyclic) bond motifs is 1. The molecule has 5 aromatic rings. The minimum Gasteiger partial charge on any atom is -0.454 e. The third-order valence-electron chi connectivity index (χ3n) is 4.58. The highest BCUT2D eigenvalue weighted by Crippen LogP contribution is 2.32. The van der Waals surface area contributed by atoms with E-state index in [9.17, 15) is 4.79 Å². The molecule has 0 unspecified atom stereocenters. The number of nitrogens with zero attached hydrogens (tertiary/aromatic N) is 1. The van der Waals surface area contributed by atoms with E-state index in [-0.39, 0.29) is 11.5 Å². The van der Waals surface area contributed by atoms with Crippen LogP contribution >= 0.6 is 34.5 Å². The average molecular weight is 466 g/mol. The molecule has 0 radical (unpaired) electrons. The predicted molar refractivity (Wildman–Crippen MR) is 125 cm³/mol. The number of carbonyl (C=O) groups excluding carboxylic acids is 1. The van der Waals surface area contributed by atoms with Gasteiger partial charge in [-0.05, 0) is 66.7 Å². The molecule has 0 saturated heterocycles. The fourth-order valence-corrected chi connectivity index (χ4v) is 4.28. The summed E-state index contributed by atoms with van der Waals surface area (Å²) < 4.78 is 12.6. The lowest BCUT2D eigenvalue weighted by molar-refractivity contribution is 0.102. The van der Waals surface area contributed by atoms with Crippen LogP contribution in [0.2, 0.25) is 10.0 Å². The van der Waals surface area contributed by atoms with Crippen LogP contribution in [0.3, 0.4) is 0 Å². The predicted octanol–water partition coefficient (Wildman–Crippen LogP) is 8.02. The van der Waals surface area contributed by atoms with Gasteiger partial charge in [0.2, 0.25) is 5.78 Å². The molecular weight excluding hydrogens is 453 g/mol. The number of carbonyl (C=O) groups is 1. The molecule has 5 rings (SSSR count). The number of furan rings is 2. The Bertz CT molecular complexity index is 1410. The number of aromatic nitrogens is 1. The summed E-state index contributed by atoms with van der Waals surface area (Å²) in [4.78, 5) is 17.1. The summed E-state index contributed by atoms with van der Waals surface area (Å²) in [6, 6.07) is 20.1. The highest BCUT2D eigenvalue weighted by Gasteiger charge is 2.12. The summed E-state index contributed by atoms with van der Waals surface area (Å²) in [6.45, 7) is 0. The van der Waals surface area contributed by atoms with Gasteiger partial charge in [-0.15, -0.1) is 11.3 Å². The zero-order chi connectivity index (χ0) is 21.4. The minimum atomic E-state index is -0.274. The molecule has 0 amide bonds. The molecule has 0 aliphatic heterocycles. The summed E-state index contributed by atoms with van der Waals surface area (Å²) in [5.41, 5.74) is 1.67. The Kier molecular flexibility index (Phi) is 5.24. The summed E-state index contributed by atoms with van der Waals surface area (Å²) in [7, 11) is 0. The number of halogens is 2. The van der Waals surface area contributed by atoms with Crippen molar-refractivity contribution in [3.8, 4) is 22.1 Å². The van der Waals surface area contributed by atoms with Gasteiger partial charge in [-0.25, -0.2) is 4.98 Å². The van der Waals surface area contributed by atoms with E-state index >= 15 is 0 Å². The highest BCUT2D eigenvalue weighted by molar-refractivity contribution is 7.21. The number of hydrogen-bond donors (Lipinski definition) is 0. The molecule has 3 heterocycles. The van der Waals surface area contributed by atoms with Gasteiger partial charge in [-0.2, -0.15) is 0 Å². The second-order valence-electron chi connectivity index (χ2n) is 6.68. The first-order chi connectivity index (χ1) is 15.1. The fourth-order valence-electron chi connectivity index (χ4n) is 3.05. The van der Waals surface area contributed by atoms with Crippen LogP contribution in [0.1, 0.15) is 16.3 Å². The van der Waals surface area contributed by atoms with Crippen LogP contribution in [0.25, 0.3) is 38.4 Å². The number of allylic oxidation sites excluding steroid dienone is 1. The maximum atomic E-state index is 12.5. The van der Waals surface area contributed by atoms with Gasteiger partial charge in [0.05, 0.1) is 20.3 Å². The van der Waals surface area contributed by atoms with Crippen molar-refractivity contribution < 1.29 is 13.6 Å². The molecule has 0 fully saturated rings. The summed E-state index contributed by atoms with van der Waals surface area (Å²) in [6.07, 6.45) is 3.03. The Balaban J connectivity index is 1.32. The fraction of sp³-hybridized carbons (Fsp3) is 0. The van der Waals surface area contributed by atoms with E-state index < -0.39 is 0 Å². The van der Waals surface area contributed by atoms with Gasteiger partial charge in [0.25, 0.3) is 0 Å². The molecule has 4 nitrogen and oxygen atoms in total. The number of para-hydroxylation sites is 1. The molecule has 0 aliphatic carbocycles. The number of ketones is 1. The van der Waals surface area contributed by atoms with Gasteiger partial charge in [0, 0.05) is 5.56 Å². The lowest BCUT2D eigenvalue weighted by Crippen LogP contribution is -1.90. The van der Waals surface area contributed by atoms with Crippen LogP contribution in [-0.2, 0) is 0 Å². The quantitative estimate of drug-likeness (QED) is 0.194. The van der Waals surface area contributed by atoms with E-state index in [4.69, 9.17) is 32.0 Å². The molecule has 0 bridgehead atoms. The summed E-state index contributed by atoms with van der Waals surface area (Å²) in [5, 5.41) is 1.68. The topological polar surface area (TPSA) is 56.2 Å². The van der Waals surface area contributed by atoms with Crippen molar-refractivity contribution in [2.24, 2.45) is 0 Å². The monoisotopic (exact) mass is 465 g/mol. The Morgan fingerprint density at radius 2 is 1.74 bits per heavy atom. The zero-order valence-electron chi connectivity index (χ0n) is 15.8. The van der Waals surface area contributed by atoms with E-state index in [0.717, 1.165) is 20.8 Å². The van der Waals surface area contributed by atoms with Crippen LogP contribution < -0.4 is 0 Å².